The van der Waals surface area contributed by atoms with Crippen LogP contribution < -0.4 is 5.32 Å². The van der Waals surface area contributed by atoms with E-state index in [4.69, 9.17) is 4.74 Å². The highest BCUT2D eigenvalue weighted by Crippen LogP contribution is 2.23. The normalized spacial score (nSPS) is 12.0. The van der Waals surface area contributed by atoms with Gasteiger partial charge in [0.1, 0.15) is 28.8 Å². The largest absolute Gasteiger partial charge is 0.492 e. The molecule has 0 unspecified atom stereocenters. The Bertz CT molecular complexity index is 677. The third-order valence-corrected chi connectivity index (χ3v) is 4.53. The van der Waals surface area contributed by atoms with Crippen LogP contribution in [0.2, 0.25) is 0 Å². The van der Waals surface area contributed by atoms with Crippen LogP contribution in [-0.4, -0.2) is 28.5 Å². The first-order valence-corrected chi connectivity index (χ1v) is 8.92. The van der Waals surface area contributed by atoms with Gasteiger partial charge < -0.3 is 10.1 Å². The van der Waals surface area contributed by atoms with Crippen LogP contribution in [0.25, 0.3) is 10.7 Å². The molecule has 1 amide bonds. The molecule has 7 heteroatoms. The van der Waals surface area contributed by atoms with Gasteiger partial charge in [0.05, 0.1) is 11.6 Å². The highest BCUT2D eigenvalue weighted by molar-refractivity contribution is 7.14. The Morgan fingerprint density at radius 2 is 2.26 bits per heavy atom. The maximum Gasteiger partial charge on any atom is 0.271 e. The summed E-state index contributed by atoms with van der Waals surface area (Å²) in [6.45, 7) is 11.9. The van der Waals surface area contributed by atoms with Crippen LogP contribution in [0.5, 0.6) is 0 Å². The van der Waals surface area contributed by atoms with E-state index >= 15 is 0 Å². The van der Waals surface area contributed by atoms with Crippen molar-refractivity contribution in [3.8, 4) is 10.7 Å². The maximum atomic E-state index is 12.4. The van der Waals surface area contributed by atoms with Crippen molar-refractivity contribution in [3.05, 3.63) is 47.0 Å². The minimum absolute atomic E-state index is 0.146. The van der Waals surface area contributed by atoms with Crippen molar-refractivity contribution >= 4 is 28.6 Å². The average Bonchev–Trinajstić information content (AvgIpc) is 3.19. The molecule has 5 nitrogen and oxygen atoms in total. The van der Waals surface area contributed by atoms with Crippen molar-refractivity contribution in [2.24, 2.45) is 5.92 Å². The fourth-order valence-electron chi connectivity index (χ4n) is 1.90. The molecule has 0 fully saturated rings. The number of rotatable bonds is 8. The van der Waals surface area contributed by atoms with E-state index in [1.807, 2.05) is 19.2 Å². The van der Waals surface area contributed by atoms with Crippen LogP contribution in [0.4, 0.5) is 0 Å². The van der Waals surface area contributed by atoms with Crippen LogP contribution in [0.3, 0.4) is 0 Å². The molecule has 0 aliphatic heterocycles. The van der Waals surface area contributed by atoms with Gasteiger partial charge in [-0.15, -0.1) is 22.7 Å². The van der Waals surface area contributed by atoms with Gasteiger partial charge in [0.15, 0.2) is 0 Å². The predicted octanol–water partition coefficient (Wildman–Crippen LogP) is 3.74. The number of aromatic nitrogens is 2. The van der Waals surface area contributed by atoms with Gasteiger partial charge in [0.25, 0.3) is 5.91 Å². The summed E-state index contributed by atoms with van der Waals surface area (Å²) in [5.41, 5.74) is 2.91. The van der Waals surface area contributed by atoms with Gasteiger partial charge in [0, 0.05) is 10.8 Å². The monoisotopic (exact) mass is 349 g/mol. The molecule has 2 aromatic heterocycles. The van der Waals surface area contributed by atoms with Gasteiger partial charge in [-0.2, -0.15) is 0 Å². The molecule has 122 valence electrons. The van der Waals surface area contributed by atoms with Crippen LogP contribution in [0.1, 0.15) is 24.3 Å². The van der Waals surface area contributed by atoms with Gasteiger partial charge in [-0.05, 0) is 5.92 Å². The van der Waals surface area contributed by atoms with Crippen molar-refractivity contribution in [1.29, 1.82) is 0 Å². The topological polar surface area (TPSA) is 64.1 Å². The molecule has 0 bridgehead atoms. The number of carbonyl (C=O) groups excluding carboxylic acids is 1. The minimum atomic E-state index is -0.285. The van der Waals surface area contributed by atoms with E-state index in [1.54, 1.807) is 17.0 Å². The zero-order valence-electron chi connectivity index (χ0n) is 13.1. The average molecular weight is 349 g/mol. The lowest BCUT2D eigenvalue weighted by Gasteiger charge is -2.24. The van der Waals surface area contributed by atoms with Crippen molar-refractivity contribution in [2.45, 2.75) is 19.9 Å². The van der Waals surface area contributed by atoms with E-state index in [9.17, 15) is 4.79 Å². The summed E-state index contributed by atoms with van der Waals surface area (Å²) in [5.74, 6) is 0.417. The summed E-state index contributed by atoms with van der Waals surface area (Å²) in [6.07, 6.45) is 1.64. The fraction of sp³-hybridized carbons (Fsp3) is 0.312. The number of thiazole rings is 2. The number of amides is 1. The number of nitrogens with zero attached hydrogens (tertiary/aromatic N) is 2. The zero-order valence-corrected chi connectivity index (χ0v) is 14.7. The summed E-state index contributed by atoms with van der Waals surface area (Å²) in [5, 5.41) is 7.30. The van der Waals surface area contributed by atoms with E-state index in [1.165, 1.54) is 22.7 Å². The first-order valence-electron chi connectivity index (χ1n) is 7.10. The number of hydrogen-bond donors (Lipinski definition) is 1. The van der Waals surface area contributed by atoms with Crippen molar-refractivity contribution in [3.63, 3.8) is 0 Å². The molecule has 2 aromatic rings. The molecule has 1 N–H and O–H groups in total. The summed E-state index contributed by atoms with van der Waals surface area (Å²) < 4.78 is 5.46. The highest BCUT2D eigenvalue weighted by atomic mass is 32.1. The van der Waals surface area contributed by atoms with E-state index in [0.717, 1.165) is 10.7 Å². The van der Waals surface area contributed by atoms with Crippen molar-refractivity contribution in [1.82, 2.24) is 15.3 Å². The standard InChI is InChI=1S/C16H19N3O2S2/c1-5-6-21-11(4)14(10(2)3)19-15(20)12-8-23-16(18-12)13-7-22-9-17-13/h5,7-10,14H,1,4,6H2,2-3H3,(H,19,20)/t14-/m0/s1. The van der Waals surface area contributed by atoms with E-state index in [-0.39, 0.29) is 17.9 Å². The van der Waals surface area contributed by atoms with E-state index in [2.05, 4.69) is 28.4 Å². The lowest BCUT2D eigenvalue weighted by Crippen LogP contribution is -2.40. The number of carbonyl (C=O) groups is 1. The summed E-state index contributed by atoms with van der Waals surface area (Å²) in [6, 6.07) is -0.285. The molecule has 2 heterocycles. The molecule has 0 saturated carbocycles. The van der Waals surface area contributed by atoms with Gasteiger partial charge >= 0.3 is 0 Å². The fourth-order valence-corrected chi connectivity index (χ4v) is 3.28. The van der Waals surface area contributed by atoms with Gasteiger partial charge in [-0.25, -0.2) is 9.97 Å². The highest BCUT2D eigenvalue weighted by Gasteiger charge is 2.22. The lowest BCUT2D eigenvalue weighted by atomic mass is 10.0. The Labute approximate surface area is 143 Å². The summed E-state index contributed by atoms with van der Waals surface area (Å²) in [7, 11) is 0. The number of ether oxygens (including phenoxy) is 1. The van der Waals surface area contributed by atoms with Crippen LogP contribution in [-0.2, 0) is 4.74 Å². The van der Waals surface area contributed by atoms with Crippen LogP contribution in [0.15, 0.2) is 41.3 Å². The number of hydrogen-bond acceptors (Lipinski definition) is 6. The Morgan fingerprint density at radius 1 is 1.48 bits per heavy atom. The van der Waals surface area contributed by atoms with Gasteiger partial charge in [0.2, 0.25) is 0 Å². The molecule has 0 saturated heterocycles. The van der Waals surface area contributed by atoms with E-state index in [0.29, 0.717) is 18.1 Å². The van der Waals surface area contributed by atoms with E-state index < -0.39 is 0 Å². The second-order valence-corrected chi connectivity index (χ2v) is 6.75. The molecular formula is C16H19N3O2S2. The second kappa shape index (κ2) is 8.03. The Kier molecular flexibility index (Phi) is 6.06. The minimum Gasteiger partial charge on any atom is -0.492 e. The maximum absolute atomic E-state index is 12.4. The molecule has 1 atom stereocenters. The zero-order chi connectivity index (χ0) is 16.8. The smallest absolute Gasteiger partial charge is 0.271 e. The molecule has 0 spiro atoms. The third kappa shape index (κ3) is 4.49. The molecule has 23 heavy (non-hydrogen) atoms. The molecule has 0 aromatic carbocycles. The Hall–Kier alpha value is -1.99. The van der Waals surface area contributed by atoms with Gasteiger partial charge in [-0.3, -0.25) is 4.79 Å². The summed E-state index contributed by atoms with van der Waals surface area (Å²) in [4.78, 5) is 21.0. The third-order valence-electron chi connectivity index (χ3n) is 3.07. The van der Waals surface area contributed by atoms with Crippen molar-refractivity contribution in [2.75, 3.05) is 6.61 Å². The first kappa shape index (κ1) is 17.4. The molecule has 0 aliphatic rings. The quantitative estimate of drug-likeness (QED) is 0.582. The van der Waals surface area contributed by atoms with Gasteiger partial charge in [-0.1, -0.05) is 33.1 Å². The molecular weight excluding hydrogens is 330 g/mol. The predicted molar refractivity (Wildman–Crippen MR) is 94.6 cm³/mol. The van der Waals surface area contributed by atoms with Crippen LogP contribution >= 0.6 is 22.7 Å². The second-order valence-electron chi connectivity index (χ2n) is 5.17. The lowest BCUT2D eigenvalue weighted by molar-refractivity contribution is 0.0906. The Morgan fingerprint density at radius 3 is 2.87 bits per heavy atom. The first-order chi connectivity index (χ1) is 11.0. The molecule has 2 rings (SSSR count). The number of nitrogens with one attached hydrogen (secondary N) is 1. The Balaban J connectivity index is 2.07. The van der Waals surface area contributed by atoms with Crippen LogP contribution in [0, 0.1) is 5.92 Å². The SMILES string of the molecule is C=CCOC(=C)[C@@H](NC(=O)c1csc(-c2cscn2)n1)C(C)C. The van der Waals surface area contributed by atoms with Crippen molar-refractivity contribution < 1.29 is 9.53 Å². The molecule has 0 aliphatic carbocycles. The summed E-state index contributed by atoms with van der Waals surface area (Å²) >= 11 is 2.90. The molecule has 0 radical (unpaired) electrons.